The first kappa shape index (κ1) is 46.0. The molecule has 16 nitrogen and oxygen atoms in total. The molecule has 9 rings (SSSR count). The van der Waals surface area contributed by atoms with Crippen LogP contribution in [0.4, 0.5) is 22.7 Å². The average molecular weight is 927 g/mol. The number of para-hydroxylation sites is 2. The van der Waals surface area contributed by atoms with Crippen LogP contribution in [-0.4, -0.2) is 110 Å². The largest absolute Gasteiger partial charge is 0.493 e. The second-order valence-corrected chi connectivity index (χ2v) is 16.5. The number of ether oxygens (including phenoxy) is 9. The molecular weight excluding hydrogens is 873 g/mol. The van der Waals surface area contributed by atoms with Gasteiger partial charge < -0.3 is 52.8 Å². The standard InChI is InChI=1S/C52H54N4O12/c1-60-46-25-40-42(53-29-37-23-35-8-4-6-10-44(35)55(37)51(40)58)27-48(46)67-31-33-20-34(22-39(21-33)66-19-18-65-17-16-64-15-14-63-13-12-50(57)62-3)32-68-49-28-43-41(26-47(49)61-2)52(59)56-38(30-54-43)24-36-9-5-7-11-45(36)56/h4-11,20-22,25-29,37-38,54H,12-19,23-24,30-32H2,1-3H3/t37-,38-/m0/s1. The summed E-state index contributed by atoms with van der Waals surface area (Å²) in [5, 5.41) is 3.50. The zero-order valence-electron chi connectivity index (χ0n) is 38.3. The lowest BCUT2D eigenvalue weighted by molar-refractivity contribution is -0.141. The zero-order chi connectivity index (χ0) is 47.0. The molecule has 0 spiro atoms. The van der Waals surface area contributed by atoms with Crippen LogP contribution in [0.25, 0.3) is 0 Å². The number of methoxy groups -OCH3 is 3. The van der Waals surface area contributed by atoms with E-state index in [9.17, 15) is 14.4 Å². The lowest BCUT2D eigenvalue weighted by Gasteiger charge is -2.22. The van der Waals surface area contributed by atoms with E-state index in [1.54, 1.807) is 37.3 Å². The Morgan fingerprint density at radius 2 is 1.22 bits per heavy atom. The fourth-order valence-electron chi connectivity index (χ4n) is 8.92. The maximum atomic E-state index is 14.0. The third kappa shape index (κ3) is 10.1. The summed E-state index contributed by atoms with van der Waals surface area (Å²) in [7, 11) is 4.44. The van der Waals surface area contributed by atoms with Gasteiger partial charge >= 0.3 is 5.97 Å². The predicted molar refractivity (Wildman–Crippen MR) is 254 cm³/mol. The van der Waals surface area contributed by atoms with E-state index in [0.717, 1.165) is 40.0 Å². The van der Waals surface area contributed by atoms with E-state index >= 15 is 0 Å². The van der Waals surface area contributed by atoms with Crippen LogP contribution in [0.3, 0.4) is 0 Å². The Labute approximate surface area is 394 Å². The Bertz CT molecular complexity index is 2690. The van der Waals surface area contributed by atoms with Crippen LogP contribution < -0.4 is 38.8 Å². The van der Waals surface area contributed by atoms with E-state index in [1.165, 1.54) is 7.11 Å². The van der Waals surface area contributed by atoms with Crippen LogP contribution >= 0.6 is 0 Å². The first-order chi connectivity index (χ1) is 33.3. The molecule has 0 radical (unpaired) electrons. The highest BCUT2D eigenvalue weighted by molar-refractivity contribution is 6.15. The molecule has 0 saturated carbocycles. The van der Waals surface area contributed by atoms with Crippen molar-refractivity contribution in [2.75, 3.05) is 89.2 Å². The van der Waals surface area contributed by atoms with Gasteiger partial charge in [-0.15, -0.1) is 0 Å². The van der Waals surface area contributed by atoms with Crippen molar-refractivity contribution >= 4 is 46.7 Å². The fraction of sp³-hybridized carbons (Fsp3) is 0.346. The topological polar surface area (TPSA) is 165 Å². The van der Waals surface area contributed by atoms with Crippen molar-refractivity contribution in [2.24, 2.45) is 4.99 Å². The quantitative estimate of drug-likeness (QED) is 0.0584. The Morgan fingerprint density at radius 3 is 1.90 bits per heavy atom. The van der Waals surface area contributed by atoms with E-state index < -0.39 is 0 Å². The summed E-state index contributed by atoms with van der Waals surface area (Å²) < 4.78 is 52.0. The molecule has 16 heteroatoms. The zero-order valence-corrected chi connectivity index (χ0v) is 38.3. The van der Waals surface area contributed by atoms with Gasteiger partial charge in [0.15, 0.2) is 23.0 Å². The Balaban J connectivity index is 0.884. The minimum absolute atomic E-state index is 0.0157. The van der Waals surface area contributed by atoms with E-state index in [0.29, 0.717) is 97.2 Å². The summed E-state index contributed by atoms with van der Waals surface area (Å²) in [5.74, 6) is 1.72. The summed E-state index contributed by atoms with van der Waals surface area (Å²) >= 11 is 0. The summed E-state index contributed by atoms with van der Waals surface area (Å²) in [6, 6.07) is 28.5. The summed E-state index contributed by atoms with van der Waals surface area (Å²) in [6.07, 6.45) is 3.48. The number of anilines is 3. The molecule has 4 heterocycles. The number of fused-ring (bicyclic) bond motifs is 8. The minimum atomic E-state index is -0.318. The summed E-state index contributed by atoms with van der Waals surface area (Å²) in [6.45, 7) is 3.14. The Morgan fingerprint density at radius 1 is 0.632 bits per heavy atom. The number of rotatable bonds is 21. The van der Waals surface area contributed by atoms with Crippen molar-refractivity contribution in [2.45, 2.75) is 44.6 Å². The Hall–Kier alpha value is -7.14. The number of amides is 2. The SMILES string of the molecule is COC(=O)CCOCCOCCOCCOc1cc(COc2cc3c(cc2OC)C(=O)N2c4ccccc4C[C@H]2C=N3)cc(COc2cc3c(cc2OC)C(=O)N2c4ccccc4C[C@H]2CN3)c1. The maximum Gasteiger partial charge on any atom is 0.307 e. The normalized spacial score (nSPS) is 16.3. The first-order valence-corrected chi connectivity index (χ1v) is 22.7. The molecule has 68 heavy (non-hydrogen) atoms. The third-order valence-electron chi connectivity index (χ3n) is 12.2. The lowest BCUT2D eigenvalue weighted by atomic mass is 10.1. The van der Waals surface area contributed by atoms with Gasteiger partial charge in [0, 0.05) is 42.7 Å². The number of hydrogen-bond acceptors (Lipinski definition) is 14. The van der Waals surface area contributed by atoms with Crippen molar-refractivity contribution in [1.29, 1.82) is 0 Å². The molecule has 0 fully saturated rings. The molecule has 4 aliphatic rings. The van der Waals surface area contributed by atoms with Crippen LogP contribution in [0.5, 0.6) is 28.7 Å². The molecule has 0 bridgehead atoms. The van der Waals surface area contributed by atoms with Gasteiger partial charge in [0.05, 0.1) is 102 Å². The van der Waals surface area contributed by atoms with Gasteiger partial charge in [-0.1, -0.05) is 36.4 Å². The second kappa shape index (κ2) is 21.2. The van der Waals surface area contributed by atoms with E-state index in [2.05, 4.69) is 16.1 Å². The van der Waals surface area contributed by atoms with Gasteiger partial charge in [-0.3, -0.25) is 24.3 Å². The van der Waals surface area contributed by atoms with Crippen LogP contribution in [0, 0.1) is 0 Å². The number of aliphatic imine (C=N–C) groups is 1. The van der Waals surface area contributed by atoms with Crippen molar-refractivity contribution < 1.29 is 57.0 Å². The van der Waals surface area contributed by atoms with Crippen LogP contribution in [0.1, 0.15) is 49.4 Å². The molecule has 1 N–H and O–H groups in total. The number of esters is 1. The maximum absolute atomic E-state index is 14.0. The molecule has 0 unspecified atom stereocenters. The van der Waals surface area contributed by atoms with Gasteiger partial charge in [-0.05, 0) is 71.1 Å². The molecule has 0 aromatic heterocycles. The molecule has 0 aliphatic carbocycles. The molecule has 4 aliphatic heterocycles. The van der Waals surface area contributed by atoms with Gasteiger partial charge in [-0.2, -0.15) is 0 Å². The van der Waals surface area contributed by atoms with Crippen LogP contribution in [0.2, 0.25) is 0 Å². The molecule has 354 valence electrons. The number of nitrogens with zero attached hydrogens (tertiary/aromatic N) is 3. The van der Waals surface area contributed by atoms with Crippen LogP contribution in [-0.2, 0) is 49.8 Å². The Kier molecular flexibility index (Phi) is 14.4. The van der Waals surface area contributed by atoms with E-state index in [4.69, 9.17) is 42.9 Å². The second-order valence-electron chi connectivity index (χ2n) is 16.5. The number of benzene rings is 5. The molecule has 0 saturated heterocycles. The third-order valence-corrected chi connectivity index (χ3v) is 12.2. The number of carbonyl (C=O) groups is 3. The lowest BCUT2D eigenvalue weighted by Crippen LogP contribution is -2.39. The van der Waals surface area contributed by atoms with E-state index in [1.807, 2.05) is 77.8 Å². The predicted octanol–water partition coefficient (Wildman–Crippen LogP) is 7.14. The highest BCUT2D eigenvalue weighted by Gasteiger charge is 2.38. The van der Waals surface area contributed by atoms with Crippen LogP contribution in [0.15, 0.2) is 96.0 Å². The molecular formula is C52H54N4O12. The fourth-order valence-corrected chi connectivity index (χ4v) is 8.92. The highest BCUT2D eigenvalue weighted by atomic mass is 16.6. The minimum Gasteiger partial charge on any atom is -0.493 e. The first-order valence-electron chi connectivity index (χ1n) is 22.7. The number of nitrogens with one attached hydrogen (secondary N) is 1. The molecule has 2 amide bonds. The van der Waals surface area contributed by atoms with Gasteiger partial charge in [0.1, 0.15) is 25.6 Å². The average Bonchev–Trinajstić information content (AvgIpc) is 3.86. The highest BCUT2D eigenvalue weighted by Crippen LogP contribution is 2.43. The molecule has 5 aromatic carbocycles. The van der Waals surface area contributed by atoms with Gasteiger partial charge in [0.2, 0.25) is 0 Å². The number of carbonyl (C=O) groups excluding carboxylic acids is 3. The summed E-state index contributed by atoms with van der Waals surface area (Å²) in [4.78, 5) is 47.7. The van der Waals surface area contributed by atoms with Crippen molar-refractivity contribution in [3.05, 3.63) is 124 Å². The van der Waals surface area contributed by atoms with Gasteiger partial charge in [-0.25, -0.2) is 0 Å². The number of hydrogen-bond donors (Lipinski definition) is 1. The van der Waals surface area contributed by atoms with Crippen molar-refractivity contribution in [3.63, 3.8) is 0 Å². The summed E-state index contributed by atoms with van der Waals surface area (Å²) in [5.41, 5.74) is 7.73. The molecule has 2 atom stereocenters. The molecule has 5 aromatic rings. The smallest absolute Gasteiger partial charge is 0.307 e. The van der Waals surface area contributed by atoms with E-state index in [-0.39, 0.29) is 62.7 Å². The van der Waals surface area contributed by atoms with Crippen molar-refractivity contribution in [3.8, 4) is 28.7 Å². The monoisotopic (exact) mass is 926 g/mol. The van der Waals surface area contributed by atoms with Gasteiger partial charge in [0.25, 0.3) is 11.8 Å². The van der Waals surface area contributed by atoms with Crippen molar-refractivity contribution in [1.82, 2.24) is 0 Å².